The molecule has 16 heavy (non-hydrogen) atoms. The van der Waals surface area contributed by atoms with Gasteiger partial charge in [0.25, 0.3) is 0 Å². The number of benzene rings is 2. The van der Waals surface area contributed by atoms with Crippen LogP contribution in [0.5, 0.6) is 0 Å². The molecule has 0 fully saturated rings. The van der Waals surface area contributed by atoms with Gasteiger partial charge in [0.05, 0.1) is 0 Å². The van der Waals surface area contributed by atoms with E-state index >= 15 is 0 Å². The first-order valence-corrected chi connectivity index (χ1v) is 5.23. The maximum Gasteiger partial charge on any atom is 0.123 e. The first-order chi connectivity index (χ1) is 7.66. The molecule has 0 bridgehead atoms. The average molecular weight is 231 g/mol. The standard InChI is InChI=1S/C13H10FNS/c14-12-7-5-10(6-8-12)9-1-3-11(4-2-9)13(15)16/h1-8H,(H2,15,16). The topological polar surface area (TPSA) is 26.0 Å². The van der Waals surface area contributed by atoms with E-state index in [0.717, 1.165) is 16.7 Å². The predicted molar refractivity (Wildman–Crippen MR) is 67.7 cm³/mol. The summed E-state index contributed by atoms with van der Waals surface area (Å²) in [5.41, 5.74) is 8.32. The molecule has 2 aromatic carbocycles. The molecule has 1 nitrogen and oxygen atoms in total. The Balaban J connectivity index is 2.34. The van der Waals surface area contributed by atoms with Gasteiger partial charge in [0.1, 0.15) is 10.8 Å². The van der Waals surface area contributed by atoms with E-state index in [1.807, 2.05) is 24.3 Å². The summed E-state index contributed by atoms with van der Waals surface area (Å²) in [4.78, 5) is 0.380. The maximum atomic E-state index is 12.7. The van der Waals surface area contributed by atoms with E-state index in [1.165, 1.54) is 12.1 Å². The van der Waals surface area contributed by atoms with Crippen molar-refractivity contribution in [1.29, 1.82) is 0 Å². The van der Waals surface area contributed by atoms with Crippen LogP contribution in [-0.4, -0.2) is 4.99 Å². The molecule has 0 heterocycles. The zero-order valence-corrected chi connectivity index (χ0v) is 9.30. The molecule has 0 aliphatic carbocycles. The quantitative estimate of drug-likeness (QED) is 0.804. The highest BCUT2D eigenvalue weighted by atomic mass is 32.1. The third-order valence-corrected chi connectivity index (χ3v) is 2.58. The lowest BCUT2D eigenvalue weighted by atomic mass is 10.0. The van der Waals surface area contributed by atoms with Crippen LogP contribution in [-0.2, 0) is 0 Å². The Hall–Kier alpha value is -1.74. The van der Waals surface area contributed by atoms with Gasteiger partial charge in [-0.25, -0.2) is 4.39 Å². The van der Waals surface area contributed by atoms with E-state index in [2.05, 4.69) is 0 Å². The van der Waals surface area contributed by atoms with Crippen molar-refractivity contribution in [3.8, 4) is 11.1 Å². The van der Waals surface area contributed by atoms with E-state index < -0.39 is 0 Å². The van der Waals surface area contributed by atoms with Crippen LogP contribution in [0.1, 0.15) is 5.56 Å². The van der Waals surface area contributed by atoms with Crippen LogP contribution in [0.3, 0.4) is 0 Å². The second-order valence-corrected chi connectivity index (χ2v) is 3.89. The molecule has 0 aromatic heterocycles. The Labute approximate surface area is 98.7 Å². The zero-order valence-electron chi connectivity index (χ0n) is 8.48. The summed E-state index contributed by atoms with van der Waals surface area (Å²) in [6.07, 6.45) is 0. The van der Waals surface area contributed by atoms with Gasteiger partial charge in [-0.05, 0) is 23.3 Å². The third-order valence-electron chi connectivity index (χ3n) is 2.35. The molecule has 2 rings (SSSR count). The molecule has 0 aliphatic rings. The molecule has 0 saturated carbocycles. The van der Waals surface area contributed by atoms with Crippen molar-refractivity contribution >= 4 is 17.2 Å². The third kappa shape index (κ3) is 2.25. The molecular formula is C13H10FNS. The van der Waals surface area contributed by atoms with Gasteiger partial charge >= 0.3 is 0 Å². The predicted octanol–water partition coefficient (Wildman–Crippen LogP) is 3.13. The SMILES string of the molecule is NC(=S)c1ccc(-c2ccc(F)cc2)cc1. The van der Waals surface area contributed by atoms with E-state index in [1.54, 1.807) is 12.1 Å². The number of halogens is 1. The van der Waals surface area contributed by atoms with Crippen molar-refractivity contribution in [2.24, 2.45) is 5.73 Å². The summed E-state index contributed by atoms with van der Waals surface area (Å²) in [7, 11) is 0. The van der Waals surface area contributed by atoms with Crippen LogP contribution >= 0.6 is 12.2 Å². The molecule has 3 heteroatoms. The van der Waals surface area contributed by atoms with Crippen LogP contribution in [0.4, 0.5) is 4.39 Å². The maximum absolute atomic E-state index is 12.7. The van der Waals surface area contributed by atoms with Gasteiger partial charge in [-0.2, -0.15) is 0 Å². The molecule has 0 atom stereocenters. The van der Waals surface area contributed by atoms with E-state index in [4.69, 9.17) is 18.0 Å². The number of hydrogen-bond donors (Lipinski definition) is 1. The largest absolute Gasteiger partial charge is 0.389 e. The van der Waals surface area contributed by atoms with Gasteiger partial charge in [-0.3, -0.25) is 0 Å². The minimum Gasteiger partial charge on any atom is -0.389 e. The monoisotopic (exact) mass is 231 g/mol. The fraction of sp³-hybridized carbons (Fsp3) is 0. The smallest absolute Gasteiger partial charge is 0.123 e. The lowest BCUT2D eigenvalue weighted by Gasteiger charge is -2.03. The fourth-order valence-corrected chi connectivity index (χ4v) is 1.61. The molecule has 0 spiro atoms. The minimum absolute atomic E-state index is 0.233. The molecule has 0 aliphatic heterocycles. The molecule has 0 radical (unpaired) electrons. The highest BCUT2D eigenvalue weighted by molar-refractivity contribution is 7.80. The van der Waals surface area contributed by atoms with Crippen LogP contribution in [0.15, 0.2) is 48.5 Å². The van der Waals surface area contributed by atoms with Crippen LogP contribution in [0, 0.1) is 5.82 Å². The summed E-state index contributed by atoms with van der Waals surface area (Å²) in [6, 6.07) is 13.9. The van der Waals surface area contributed by atoms with Crippen molar-refractivity contribution in [3.05, 3.63) is 59.9 Å². The summed E-state index contributed by atoms with van der Waals surface area (Å²) < 4.78 is 12.7. The molecule has 0 saturated heterocycles. The zero-order chi connectivity index (χ0) is 11.5. The van der Waals surface area contributed by atoms with Crippen molar-refractivity contribution < 1.29 is 4.39 Å². The molecule has 80 valence electrons. The molecule has 2 aromatic rings. The van der Waals surface area contributed by atoms with Crippen molar-refractivity contribution in [3.63, 3.8) is 0 Å². The lowest BCUT2D eigenvalue weighted by molar-refractivity contribution is 0.628. The number of nitrogens with two attached hydrogens (primary N) is 1. The van der Waals surface area contributed by atoms with Crippen LogP contribution in [0.2, 0.25) is 0 Å². The van der Waals surface area contributed by atoms with Gasteiger partial charge < -0.3 is 5.73 Å². The minimum atomic E-state index is -0.233. The van der Waals surface area contributed by atoms with Gasteiger partial charge in [0.2, 0.25) is 0 Å². The lowest BCUT2D eigenvalue weighted by Crippen LogP contribution is -2.08. The molecule has 0 unspecified atom stereocenters. The molecular weight excluding hydrogens is 221 g/mol. The van der Waals surface area contributed by atoms with Crippen molar-refractivity contribution in [2.45, 2.75) is 0 Å². The fourth-order valence-electron chi connectivity index (χ4n) is 1.47. The Kier molecular flexibility index (Phi) is 2.97. The summed E-state index contributed by atoms with van der Waals surface area (Å²) in [6.45, 7) is 0. The Morgan fingerprint density at radius 2 is 1.31 bits per heavy atom. The van der Waals surface area contributed by atoms with Gasteiger partial charge in [0, 0.05) is 5.56 Å². The summed E-state index contributed by atoms with van der Waals surface area (Å²) in [5.74, 6) is -0.233. The number of hydrogen-bond acceptors (Lipinski definition) is 1. The second-order valence-electron chi connectivity index (χ2n) is 3.45. The van der Waals surface area contributed by atoms with Crippen molar-refractivity contribution in [1.82, 2.24) is 0 Å². The molecule has 2 N–H and O–H groups in total. The number of rotatable bonds is 2. The van der Waals surface area contributed by atoms with Crippen LogP contribution < -0.4 is 5.73 Å². The Morgan fingerprint density at radius 1 is 0.875 bits per heavy atom. The van der Waals surface area contributed by atoms with Gasteiger partial charge in [-0.1, -0.05) is 48.6 Å². The van der Waals surface area contributed by atoms with Crippen LogP contribution in [0.25, 0.3) is 11.1 Å². The van der Waals surface area contributed by atoms with E-state index in [-0.39, 0.29) is 5.82 Å². The van der Waals surface area contributed by atoms with Crippen molar-refractivity contribution in [2.75, 3.05) is 0 Å². The first kappa shape index (κ1) is 10.8. The second kappa shape index (κ2) is 4.41. The number of thiocarbonyl (C=S) groups is 1. The van der Waals surface area contributed by atoms with E-state index in [9.17, 15) is 4.39 Å². The van der Waals surface area contributed by atoms with Gasteiger partial charge in [-0.15, -0.1) is 0 Å². The van der Waals surface area contributed by atoms with Gasteiger partial charge in [0.15, 0.2) is 0 Å². The average Bonchev–Trinajstić information content (AvgIpc) is 2.30. The highest BCUT2D eigenvalue weighted by Gasteiger charge is 1.99. The molecule has 0 amide bonds. The Bertz CT molecular complexity index is 502. The first-order valence-electron chi connectivity index (χ1n) is 4.82. The summed E-state index contributed by atoms with van der Waals surface area (Å²) in [5, 5.41) is 0. The van der Waals surface area contributed by atoms with E-state index in [0.29, 0.717) is 4.99 Å². The summed E-state index contributed by atoms with van der Waals surface area (Å²) >= 11 is 4.87. The Morgan fingerprint density at radius 3 is 1.75 bits per heavy atom. The normalized spacial score (nSPS) is 10.1. The highest BCUT2D eigenvalue weighted by Crippen LogP contribution is 2.19.